The molecule has 3 aromatic rings. The number of carbonyl (C=O) groups is 3. The number of hydrogen-bond acceptors (Lipinski definition) is 13. The van der Waals surface area contributed by atoms with E-state index in [9.17, 15) is 14.4 Å². The van der Waals surface area contributed by atoms with Crippen LogP contribution >= 0.6 is 0 Å². The number of methoxy groups -OCH3 is 2. The summed E-state index contributed by atoms with van der Waals surface area (Å²) in [7, 11) is 3.06. The number of amides is 2. The number of hydrogen-bond donors (Lipinski definition) is 1. The molecule has 2 aromatic carbocycles. The molecule has 4 aliphatic rings. The summed E-state index contributed by atoms with van der Waals surface area (Å²) in [6.07, 6.45) is 10.3. The lowest BCUT2D eigenvalue weighted by atomic mass is 10.1. The molecule has 15 heteroatoms. The second-order valence-electron chi connectivity index (χ2n) is 14.8. The Hall–Kier alpha value is -6.22. The first kappa shape index (κ1) is 41.9. The van der Waals surface area contributed by atoms with Crippen molar-refractivity contribution >= 4 is 41.6 Å². The van der Waals surface area contributed by atoms with Crippen LogP contribution in [0.3, 0.4) is 0 Å². The van der Waals surface area contributed by atoms with Crippen molar-refractivity contribution in [1.82, 2.24) is 20.1 Å². The first-order chi connectivity index (χ1) is 29.2. The highest BCUT2D eigenvalue weighted by Gasteiger charge is 2.36. The fourth-order valence-corrected chi connectivity index (χ4v) is 7.64. The van der Waals surface area contributed by atoms with Crippen molar-refractivity contribution in [3.8, 4) is 28.7 Å². The van der Waals surface area contributed by atoms with Gasteiger partial charge in [-0.25, -0.2) is 0 Å². The molecular weight excluding hydrogens is 769 g/mol. The van der Waals surface area contributed by atoms with Crippen molar-refractivity contribution in [2.24, 2.45) is 9.98 Å². The number of fused-ring (bicyclic) bond motifs is 4. The number of nitrogens with zero attached hydrogens (tertiary/aromatic N) is 5. The summed E-state index contributed by atoms with van der Waals surface area (Å²) in [5.74, 6) is 1.73. The van der Waals surface area contributed by atoms with E-state index in [0.29, 0.717) is 115 Å². The highest BCUT2D eigenvalue weighted by molar-refractivity contribution is 6.04. The smallest absolute Gasteiger partial charge is 0.305 e. The molecule has 0 unspecified atom stereocenters. The van der Waals surface area contributed by atoms with Crippen LogP contribution in [0.25, 0.3) is 0 Å². The second kappa shape index (κ2) is 19.2. The van der Waals surface area contributed by atoms with Gasteiger partial charge in [-0.05, 0) is 58.7 Å². The van der Waals surface area contributed by atoms with Crippen LogP contribution in [0.5, 0.6) is 28.7 Å². The average molecular weight is 821 g/mol. The Balaban J connectivity index is 1.08. The maximum absolute atomic E-state index is 13.6. The van der Waals surface area contributed by atoms with E-state index >= 15 is 0 Å². The third kappa shape index (κ3) is 9.46. The van der Waals surface area contributed by atoms with E-state index < -0.39 is 0 Å². The quantitative estimate of drug-likeness (QED) is 0.0922. The second-order valence-corrected chi connectivity index (χ2v) is 14.8. The Bertz CT molecular complexity index is 2100. The molecule has 2 fully saturated rings. The molecule has 0 aliphatic carbocycles. The summed E-state index contributed by atoms with van der Waals surface area (Å²) < 4.78 is 35.2. The van der Waals surface area contributed by atoms with Crippen molar-refractivity contribution in [3.05, 3.63) is 82.2 Å². The number of rotatable bonds is 17. The third-order valence-corrected chi connectivity index (χ3v) is 10.9. The van der Waals surface area contributed by atoms with Crippen LogP contribution in [0, 0.1) is 0 Å². The largest absolute Gasteiger partial charge is 0.493 e. The monoisotopic (exact) mass is 820 g/mol. The minimum atomic E-state index is -0.210. The molecule has 60 heavy (non-hydrogen) atoms. The zero-order chi connectivity index (χ0) is 42.2. The molecule has 0 saturated carbocycles. The number of aromatic nitrogens is 1. The summed E-state index contributed by atoms with van der Waals surface area (Å²) >= 11 is 0. The van der Waals surface area contributed by atoms with Gasteiger partial charge in [-0.15, -0.1) is 0 Å². The average Bonchev–Trinajstić information content (AvgIpc) is 3.83. The van der Waals surface area contributed by atoms with E-state index in [1.165, 1.54) is 25.4 Å². The van der Waals surface area contributed by atoms with E-state index in [1.54, 1.807) is 43.3 Å². The SMILES string of the molecule is C/C=C1\C[C@H]2C=Nc3cc(OCc4cc(OCCNCCCC(=O)OCC)cc(COc5cc6c(cc5OC)C(=O)N5C/C(=C/C)C[C@H]5C=N6)n4)c(OC)cc3C(=O)N2C1. The van der Waals surface area contributed by atoms with Gasteiger partial charge in [0.1, 0.15) is 25.6 Å². The van der Waals surface area contributed by atoms with Crippen molar-refractivity contribution in [2.45, 2.75) is 71.8 Å². The van der Waals surface area contributed by atoms with Crippen LogP contribution in [-0.2, 0) is 22.7 Å². The van der Waals surface area contributed by atoms with Gasteiger partial charge in [-0.2, -0.15) is 0 Å². The summed E-state index contributed by atoms with van der Waals surface area (Å²) in [5.41, 5.74) is 5.41. The van der Waals surface area contributed by atoms with Crippen LogP contribution in [-0.4, -0.2) is 111 Å². The Kier molecular flexibility index (Phi) is 13.4. The summed E-state index contributed by atoms with van der Waals surface area (Å²) in [6.45, 7) is 8.87. The summed E-state index contributed by atoms with van der Waals surface area (Å²) in [6, 6.07) is 10.2. The summed E-state index contributed by atoms with van der Waals surface area (Å²) in [5, 5.41) is 3.29. The number of esters is 1. The van der Waals surface area contributed by atoms with Gasteiger partial charge < -0.3 is 43.5 Å². The molecule has 0 spiro atoms. The predicted molar refractivity (Wildman–Crippen MR) is 226 cm³/mol. The maximum atomic E-state index is 13.6. The first-order valence-corrected chi connectivity index (χ1v) is 20.4. The highest BCUT2D eigenvalue weighted by Crippen LogP contribution is 2.41. The molecule has 2 atom stereocenters. The lowest BCUT2D eigenvalue weighted by molar-refractivity contribution is -0.143. The number of ether oxygens (including phenoxy) is 6. The van der Waals surface area contributed by atoms with E-state index in [-0.39, 0.29) is 43.1 Å². The fourth-order valence-electron chi connectivity index (χ4n) is 7.64. The van der Waals surface area contributed by atoms with Crippen LogP contribution in [0.2, 0.25) is 0 Å². The Morgan fingerprint density at radius 2 is 1.28 bits per heavy atom. The molecule has 7 rings (SSSR count). The van der Waals surface area contributed by atoms with E-state index in [4.69, 9.17) is 43.4 Å². The molecule has 1 aromatic heterocycles. The molecule has 2 amide bonds. The molecule has 5 heterocycles. The Labute approximate surface area is 350 Å². The number of carbonyl (C=O) groups excluding carboxylic acids is 3. The molecular formula is C45H52N6O9. The van der Waals surface area contributed by atoms with Gasteiger partial charge in [0.2, 0.25) is 0 Å². The first-order valence-electron chi connectivity index (χ1n) is 20.4. The fraction of sp³-hybridized carbons (Fsp3) is 0.422. The zero-order valence-electron chi connectivity index (χ0n) is 34.8. The van der Waals surface area contributed by atoms with Gasteiger partial charge in [0, 0.05) is 62.7 Å². The topological polar surface area (TPSA) is 163 Å². The molecule has 316 valence electrons. The minimum absolute atomic E-state index is 0.0358. The molecule has 0 bridgehead atoms. The van der Waals surface area contributed by atoms with Crippen molar-refractivity contribution < 1.29 is 42.8 Å². The van der Waals surface area contributed by atoms with Crippen LogP contribution in [0.15, 0.2) is 69.7 Å². The number of nitrogens with one attached hydrogen (secondary N) is 1. The molecule has 0 radical (unpaired) electrons. The van der Waals surface area contributed by atoms with Gasteiger partial charge in [0.25, 0.3) is 11.8 Å². The predicted octanol–water partition coefficient (Wildman–Crippen LogP) is 6.32. The van der Waals surface area contributed by atoms with Gasteiger partial charge in [-0.1, -0.05) is 23.3 Å². The maximum Gasteiger partial charge on any atom is 0.305 e. The molecule has 2 saturated heterocycles. The van der Waals surface area contributed by atoms with Crippen LogP contribution in [0.1, 0.15) is 78.6 Å². The van der Waals surface area contributed by atoms with Gasteiger partial charge in [0.15, 0.2) is 23.0 Å². The zero-order valence-corrected chi connectivity index (χ0v) is 34.8. The van der Waals surface area contributed by atoms with Gasteiger partial charge >= 0.3 is 5.97 Å². The summed E-state index contributed by atoms with van der Waals surface area (Å²) in [4.78, 5) is 56.8. The Morgan fingerprint density at radius 3 is 1.77 bits per heavy atom. The van der Waals surface area contributed by atoms with Crippen LogP contribution in [0.4, 0.5) is 11.4 Å². The number of aliphatic imine (C=N–C) groups is 2. The van der Waals surface area contributed by atoms with Crippen molar-refractivity contribution in [1.29, 1.82) is 0 Å². The van der Waals surface area contributed by atoms with E-state index in [0.717, 1.165) is 12.8 Å². The minimum Gasteiger partial charge on any atom is -0.493 e. The normalized spacial score (nSPS) is 19.1. The number of allylic oxidation sites excluding steroid dienone is 2. The number of pyridine rings is 1. The van der Waals surface area contributed by atoms with Gasteiger partial charge in [-0.3, -0.25) is 29.4 Å². The van der Waals surface area contributed by atoms with Crippen molar-refractivity contribution in [2.75, 3.05) is 53.6 Å². The molecule has 1 N–H and O–H groups in total. The lowest BCUT2D eigenvalue weighted by Crippen LogP contribution is -2.35. The van der Waals surface area contributed by atoms with Crippen LogP contribution < -0.4 is 29.0 Å². The van der Waals surface area contributed by atoms with Gasteiger partial charge in [0.05, 0.1) is 66.8 Å². The van der Waals surface area contributed by atoms with E-state index in [1.807, 2.05) is 36.1 Å². The third-order valence-electron chi connectivity index (χ3n) is 10.9. The lowest BCUT2D eigenvalue weighted by Gasteiger charge is -2.20. The van der Waals surface area contributed by atoms with Crippen molar-refractivity contribution in [3.63, 3.8) is 0 Å². The molecule has 15 nitrogen and oxygen atoms in total. The number of benzene rings is 2. The standard InChI is InChI=1S/C45H52N6O9/c1-6-28-14-32-22-47-37-20-41(39(55-4)18-35(37)44(53)50(32)24-28)59-26-30-16-34(58-13-12-46-11-9-10-43(52)57-8-3)17-31(49-30)27-60-42-21-38-36(19-40(42)56-5)45(54)51-25-29(7-2)15-33(51)23-48-38/h6-7,16-23,32-33,46H,8-15,24-27H2,1-5H3/b28-6+,29-7+/t32-,33-/m0/s1. The molecule has 4 aliphatic heterocycles. The van der Waals surface area contributed by atoms with E-state index in [2.05, 4.69) is 17.5 Å². The Morgan fingerprint density at radius 1 is 0.750 bits per heavy atom. The highest BCUT2D eigenvalue weighted by atomic mass is 16.5.